The second-order valence-electron chi connectivity index (χ2n) is 8.42. The Balaban J connectivity index is 1.62. The monoisotopic (exact) mass is 498 g/mol. The van der Waals surface area contributed by atoms with Gasteiger partial charge >= 0.3 is 0 Å². The number of hydrogen-bond donors (Lipinski definition) is 3. The molecule has 3 aromatic heterocycles. The van der Waals surface area contributed by atoms with Gasteiger partial charge in [-0.3, -0.25) is 4.79 Å². The molecule has 5 rings (SSSR count). The molecule has 0 aliphatic heterocycles. The molecule has 0 saturated carbocycles. The van der Waals surface area contributed by atoms with Gasteiger partial charge in [-0.2, -0.15) is 10.5 Å². The molecule has 0 unspecified atom stereocenters. The van der Waals surface area contributed by atoms with Crippen molar-refractivity contribution in [2.75, 3.05) is 16.8 Å². The van der Waals surface area contributed by atoms with Crippen LogP contribution in [-0.4, -0.2) is 10.9 Å². The molecule has 3 heterocycles. The van der Waals surface area contributed by atoms with Gasteiger partial charge in [-0.15, -0.1) is 22.7 Å². The molecule has 174 valence electrons. The molecule has 9 heteroatoms. The van der Waals surface area contributed by atoms with Crippen molar-refractivity contribution in [3.05, 3.63) is 56.3 Å². The molecule has 0 saturated heterocycles. The van der Waals surface area contributed by atoms with Crippen molar-refractivity contribution in [1.82, 2.24) is 4.98 Å². The summed E-state index contributed by atoms with van der Waals surface area (Å²) in [6, 6.07) is 12.3. The van der Waals surface area contributed by atoms with E-state index in [1.807, 2.05) is 24.3 Å². The Bertz CT molecular complexity index is 1570. The van der Waals surface area contributed by atoms with Crippen LogP contribution in [0.15, 0.2) is 24.3 Å². The molecule has 0 spiro atoms. The maximum atomic E-state index is 13.3. The number of thiophene rings is 2. The Hall–Kier alpha value is -3.92. The minimum atomic E-state index is -0.398. The van der Waals surface area contributed by atoms with Crippen LogP contribution in [0.4, 0.5) is 16.5 Å². The van der Waals surface area contributed by atoms with Crippen LogP contribution < -0.4 is 16.8 Å². The molecule has 0 bridgehead atoms. The maximum Gasteiger partial charge on any atom is 0.268 e. The van der Waals surface area contributed by atoms with Gasteiger partial charge in [0.05, 0.1) is 11.3 Å². The lowest BCUT2D eigenvalue weighted by Gasteiger charge is -2.10. The van der Waals surface area contributed by atoms with Crippen LogP contribution in [0.2, 0.25) is 0 Å². The van der Waals surface area contributed by atoms with Crippen molar-refractivity contribution >= 4 is 55.3 Å². The van der Waals surface area contributed by atoms with E-state index in [1.165, 1.54) is 16.2 Å². The van der Waals surface area contributed by atoms with E-state index in [-0.39, 0.29) is 21.9 Å². The van der Waals surface area contributed by atoms with Crippen molar-refractivity contribution in [2.45, 2.75) is 39.0 Å². The minimum absolute atomic E-state index is 0.0977. The second kappa shape index (κ2) is 9.03. The number of nitrogen functional groups attached to an aromatic ring is 2. The topological polar surface area (TPSA) is 142 Å². The van der Waals surface area contributed by atoms with Crippen molar-refractivity contribution in [3.63, 3.8) is 0 Å². The lowest BCUT2D eigenvalue weighted by atomic mass is 9.96. The van der Waals surface area contributed by atoms with Gasteiger partial charge in [0.2, 0.25) is 0 Å². The third-order valence-electron chi connectivity index (χ3n) is 6.38. The van der Waals surface area contributed by atoms with Crippen LogP contribution in [0.3, 0.4) is 0 Å². The van der Waals surface area contributed by atoms with E-state index in [0.717, 1.165) is 60.1 Å². The predicted octanol–water partition coefficient (Wildman–Crippen LogP) is 5.63. The highest BCUT2D eigenvalue weighted by atomic mass is 32.1. The molecule has 0 atom stereocenters. The molecule has 7 nitrogen and oxygen atoms in total. The Morgan fingerprint density at radius 3 is 2.49 bits per heavy atom. The Morgan fingerprint density at radius 2 is 1.80 bits per heavy atom. The Labute approximate surface area is 210 Å². The number of fused-ring (bicyclic) bond motifs is 2. The molecule has 0 radical (unpaired) electrons. The largest absolute Gasteiger partial charge is 0.397 e. The first kappa shape index (κ1) is 22.9. The van der Waals surface area contributed by atoms with Crippen LogP contribution in [-0.2, 0) is 19.3 Å². The molecule has 5 N–H and O–H groups in total. The average molecular weight is 499 g/mol. The van der Waals surface area contributed by atoms with Gasteiger partial charge in [0, 0.05) is 15.8 Å². The lowest BCUT2D eigenvalue weighted by Crippen LogP contribution is -2.12. The van der Waals surface area contributed by atoms with Gasteiger partial charge in [0.25, 0.3) is 5.91 Å². The number of carbonyl (C=O) groups excluding carboxylic acids is 1. The standard InChI is InChI=1S/C26H22N6OS2/c1-2-13-7-9-14(10-8-13)19-17(12-28)23(30)31-26-20(19)21(29)22(35-26)24(33)32-25-16(11-27)15-5-3-4-6-18(15)34-25/h7-10H,2-6,29H2,1H3,(H2,30,31)(H,32,33). The van der Waals surface area contributed by atoms with E-state index >= 15 is 0 Å². The summed E-state index contributed by atoms with van der Waals surface area (Å²) in [5, 5.41) is 23.6. The van der Waals surface area contributed by atoms with Crippen molar-refractivity contribution in [3.8, 4) is 23.3 Å². The van der Waals surface area contributed by atoms with E-state index in [4.69, 9.17) is 11.5 Å². The highest BCUT2D eigenvalue weighted by molar-refractivity contribution is 7.21. The summed E-state index contributed by atoms with van der Waals surface area (Å²) in [5.41, 5.74) is 17.3. The van der Waals surface area contributed by atoms with Crippen molar-refractivity contribution < 1.29 is 4.79 Å². The van der Waals surface area contributed by atoms with Gasteiger partial charge in [-0.25, -0.2) is 4.98 Å². The van der Waals surface area contributed by atoms with Gasteiger partial charge in [-0.1, -0.05) is 31.2 Å². The number of carbonyl (C=O) groups is 1. The smallest absolute Gasteiger partial charge is 0.268 e. The first-order chi connectivity index (χ1) is 17.0. The molecule has 1 aromatic carbocycles. The molecule has 1 aliphatic carbocycles. The van der Waals surface area contributed by atoms with E-state index in [2.05, 4.69) is 29.4 Å². The predicted molar refractivity (Wildman–Crippen MR) is 142 cm³/mol. The van der Waals surface area contributed by atoms with E-state index < -0.39 is 5.91 Å². The van der Waals surface area contributed by atoms with Gasteiger partial charge < -0.3 is 16.8 Å². The number of pyridine rings is 1. The number of amides is 1. The number of rotatable bonds is 4. The summed E-state index contributed by atoms with van der Waals surface area (Å²) in [6.45, 7) is 2.07. The molecule has 1 aliphatic rings. The summed E-state index contributed by atoms with van der Waals surface area (Å²) in [7, 11) is 0. The Morgan fingerprint density at radius 1 is 1.09 bits per heavy atom. The quantitative estimate of drug-likeness (QED) is 0.333. The molecule has 35 heavy (non-hydrogen) atoms. The minimum Gasteiger partial charge on any atom is -0.397 e. The Kier molecular flexibility index (Phi) is 5.89. The highest BCUT2D eigenvalue weighted by Gasteiger charge is 2.27. The third kappa shape index (κ3) is 3.79. The van der Waals surface area contributed by atoms with Gasteiger partial charge in [-0.05, 0) is 48.8 Å². The highest BCUT2D eigenvalue weighted by Crippen LogP contribution is 2.44. The molecular formula is C26H22N6OS2. The zero-order chi connectivity index (χ0) is 24.7. The van der Waals surface area contributed by atoms with E-state index in [9.17, 15) is 15.3 Å². The maximum absolute atomic E-state index is 13.3. The number of nitrogens with one attached hydrogen (secondary N) is 1. The van der Waals surface area contributed by atoms with Crippen LogP contribution >= 0.6 is 22.7 Å². The van der Waals surface area contributed by atoms with Gasteiger partial charge in [0.1, 0.15) is 38.2 Å². The van der Waals surface area contributed by atoms with E-state index in [0.29, 0.717) is 26.3 Å². The fourth-order valence-corrected chi connectivity index (χ4v) is 6.82. The zero-order valence-electron chi connectivity index (χ0n) is 19.1. The van der Waals surface area contributed by atoms with Crippen LogP contribution in [0, 0.1) is 22.7 Å². The zero-order valence-corrected chi connectivity index (χ0v) is 20.7. The second-order valence-corrected chi connectivity index (χ2v) is 10.5. The first-order valence-corrected chi connectivity index (χ1v) is 13.0. The molecule has 4 aromatic rings. The number of benzene rings is 1. The number of nitriles is 2. The third-order valence-corrected chi connectivity index (χ3v) is 8.69. The number of nitrogens with zero attached hydrogens (tertiary/aromatic N) is 3. The summed E-state index contributed by atoms with van der Waals surface area (Å²) in [5.74, 6) is -0.301. The summed E-state index contributed by atoms with van der Waals surface area (Å²) in [4.78, 5) is 19.7. The van der Waals surface area contributed by atoms with Crippen LogP contribution in [0.5, 0.6) is 0 Å². The normalized spacial score (nSPS) is 12.7. The average Bonchev–Trinajstić information content (AvgIpc) is 3.39. The van der Waals surface area contributed by atoms with Crippen molar-refractivity contribution in [1.29, 1.82) is 10.5 Å². The van der Waals surface area contributed by atoms with Crippen LogP contribution in [0.1, 0.15) is 56.6 Å². The number of nitrogens with two attached hydrogens (primary N) is 2. The number of aryl methyl sites for hydroxylation is 2. The lowest BCUT2D eigenvalue weighted by molar-refractivity contribution is 0.103. The number of aromatic nitrogens is 1. The first-order valence-electron chi connectivity index (χ1n) is 11.3. The fourth-order valence-electron chi connectivity index (χ4n) is 4.58. The summed E-state index contributed by atoms with van der Waals surface area (Å²) < 4.78 is 0. The van der Waals surface area contributed by atoms with Gasteiger partial charge in [0.15, 0.2) is 0 Å². The summed E-state index contributed by atoms with van der Waals surface area (Å²) >= 11 is 2.60. The van der Waals surface area contributed by atoms with Crippen molar-refractivity contribution in [2.24, 2.45) is 0 Å². The molecule has 0 fully saturated rings. The molecular weight excluding hydrogens is 476 g/mol. The summed E-state index contributed by atoms with van der Waals surface area (Å²) in [6.07, 6.45) is 4.81. The fraction of sp³-hybridized carbons (Fsp3) is 0.231. The molecule has 1 amide bonds. The van der Waals surface area contributed by atoms with Crippen LogP contribution in [0.25, 0.3) is 21.3 Å². The number of hydrogen-bond acceptors (Lipinski definition) is 8. The van der Waals surface area contributed by atoms with E-state index in [1.54, 1.807) is 0 Å². The SMILES string of the molecule is CCc1ccc(-c2c(C#N)c(N)nc3sc(C(=O)Nc4sc5c(c4C#N)CCCC5)c(N)c23)cc1. The number of anilines is 3.